The molecule has 3 N–H and O–H groups in total. The van der Waals surface area contributed by atoms with Crippen molar-refractivity contribution in [2.24, 2.45) is 0 Å². The smallest absolute Gasteiger partial charge is 0.221 e. The summed E-state index contributed by atoms with van der Waals surface area (Å²) in [5, 5.41) is 23.7. The van der Waals surface area contributed by atoms with Crippen LogP contribution in [0.4, 0.5) is 5.95 Å². The third-order valence-electron chi connectivity index (χ3n) is 4.30. The van der Waals surface area contributed by atoms with E-state index in [4.69, 9.17) is 5.73 Å². The van der Waals surface area contributed by atoms with Crippen molar-refractivity contribution < 1.29 is 5.11 Å². The van der Waals surface area contributed by atoms with E-state index in [9.17, 15) is 5.11 Å². The molecule has 3 aromatic heterocycles. The zero-order chi connectivity index (χ0) is 19.9. The summed E-state index contributed by atoms with van der Waals surface area (Å²) < 4.78 is 3.42. The van der Waals surface area contributed by atoms with Crippen molar-refractivity contribution in [1.82, 2.24) is 34.7 Å². The first-order valence-corrected chi connectivity index (χ1v) is 8.96. The average Bonchev–Trinajstić information content (AvgIpc) is 3.24. The van der Waals surface area contributed by atoms with Crippen molar-refractivity contribution in [2.45, 2.75) is 39.5 Å². The number of aryl methyl sites for hydroxylation is 1. The molecule has 0 saturated carbocycles. The maximum atomic E-state index is 9.92. The van der Waals surface area contributed by atoms with Gasteiger partial charge in [0.2, 0.25) is 5.95 Å². The van der Waals surface area contributed by atoms with Gasteiger partial charge in [-0.1, -0.05) is 23.4 Å². The van der Waals surface area contributed by atoms with Crippen LogP contribution < -0.4 is 5.73 Å². The SMILES string of the molecule is Cc1cccc2c(-c3cn(Cc4ccn(CC(C)(C)O)n4)nn3)nc(N)nc12. The standard InChI is InChI=1S/C19H22N8O/c1-12-5-4-6-14-16(12)21-18(20)22-17(14)15-10-27(25-23-15)9-13-7-8-26(24-13)11-19(2,3)28/h4-8,10,28H,9,11H2,1-3H3,(H2,20,21,22). The highest BCUT2D eigenvalue weighted by molar-refractivity contribution is 5.93. The lowest BCUT2D eigenvalue weighted by molar-refractivity contribution is 0.0576. The lowest BCUT2D eigenvalue weighted by Crippen LogP contribution is -2.26. The first kappa shape index (κ1) is 18.1. The molecule has 4 aromatic rings. The van der Waals surface area contributed by atoms with E-state index < -0.39 is 5.60 Å². The number of para-hydroxylation sites is 1. The van der Waals surface area contributed by atoms with Crippen LogP contribution in [0.25, 0.3) is 22.3 Å². The van der Waals surface area contributed by atoms with Crippen LogP contribution in [-0.2, 0) is 13.1 Å². The van der Waals surface area contributed by atoms with Gasteiger partial charge in [-0.3, -0.25) is 4.68 Å². The predicted octanol–water partition coefficient (Wildman–Crippen LogP) is 1.79. The Hall–Kier alpha value is -3.33. The van der Waals surface area contributed by atoms with Crippen molar-refractivity contribution in [3.8, 4) is 11.4 Å². The summed E-state index contributed by atoms with van der Waals surface area (Å²) in [5.41, 5.74) is 9.02. The third kappa shape index (κ3) is 3.70. The number of aromatic nitrogens is 7. The number of fused-ring (bicyclic) bond motifs is 1. The van der Waals surface area contributed by atoms with Crippen molar-refractivity contribution in [3.05, 3.63) is 47.9 Å². The van der Waals surface area contributed by atoms with Crippen molar-refractivity contribution in [1.29, 1.82) is 0 Å². The van der Waals surface area contributed by atoms with Crippen LogP contribution in [-0.4, -0.2) is 45.4 Å². The van der Waals surface area contributed by atoms with Gasteiger partial charge in [0.05, 0.1) is 36.1 Å². The molecule has 0 fully saturated rings. The molecule has 0 saturated heterocycles. The molecular weight excluding hydrogens is 356 g/mol. The zero-order valence-electron chi connectivity index (χ0n) is 16.0. The van der Waals surface area contributed by atoms with Crippen LogP contribution in [0.5, 0.6) is 0 Å². The summed E-state index contributed by atoms with van der Waals surface area (Å²) in [5.74, 6) is 0.205. The first-order chi connectivity index (χ1) is 13.3. The van der Waals surface area contributed by atoms with Gasteiger partial charge in [-0.2, -0.15) is 5.10 Å². The molecule has 0 unspecified atom stereocenters. The molecule has 0 aliphatic rings. The van der Waals surface area contributed by atoms with Crippen molar-refractivity contribution >= 4 is 16.9 Å². The monoisotopic (exact) mass is 378 g/mol. The minimum atomic E-state index is -0.824. The summed E-state index contributed by atoms with van der Waals surface area (Å²) in [7, 11) is 0. The first-order valence-electron chi connectivity index (χ1n) is 8.96. The van der Waals surface area contributed by atoms with Gasteiger partial charge in [-0.15, -0.1) is 5.10 Å². The van der Waals surface area contributed by atoms with E-state index in [1.54, 1.807) is 23.2 Å². The molecule has 0 bridgehead atoms. The Labute approximate surface area is 161 Å². The van der Waals surface area contributed by atoms with Crippen LogP contribution >= 0.6 is 0 Å². The van der Waals surface area contributed by atoms with Gasteiger partial charge in [-0.25, -0.2) is 14.6 Å². The van der Waals surface area contributed by atoms with Gasteiger partial charge >= 0.3 is 0 Å². The van der Waals surface area contributed by atoms with E-state index in [0.29, 0.717) is 24.5 Å². The topological polar surface area (TPSA) is 121 Å². The van der Waals surface area contributed by atoms with E-state index in [2.05, 4.69) is 25.4 Å². The second-order valence-corrected chi connectivity index (χ2v) is 7.52. The molecule has 0 aliphatic heterocycles. The molecule has 0 radical (unpaired) electrons. The Balaban J connectivity index is 1.62. The number of hydrogen-bond acceptors (Lipinski definition) is 7. The predicted molar refractivity (Wildman–Crippen MR) is 105 cm³/mol. The zero-order valence-corrected chi connectivity index (χ0v) is 16.0. The van der Waals surface area contributed by atoms with Crippen LogP contribution in [0.3, 0.4) is 0 Å². The molecule has 1 aromatic carbocycles. The maximum absolute atomic E-state index is 9.92. The third-order valence-corrected chi connectivity index (χ3v) is 4.30. The normalized spacial score (nSPS) is 12.0. The minimum absolute atomic E-state index is 0.205. The van der Waals surface area contributed by atoms with Gasteiger partial charge in [0.15, 0.2) is 0 Å². The van der Waals surface area contributed by atoms with Gasteiger partial charge in [-0.05, 0) is 32.4 Å². The Morgan fingerprint density at radius 3 is 2.75 bits per heavy atom. The highest BCUT2D eigenvalue weighted by Crippen LogP contribution is 2.26. The van der Waals surface area contributed by atoms with Gasteiger partial charge in [0.25, 0.3) is 0 Å². The molecule has 144 valence electrons. The van der Waals surface area contributed by atoms with E-state index in [1.807, 2.05) is 43.6 Å². The summed E-state index contributed by atoms with van der Waals surface area (Å²) in [6.07, 6.45) is 3.66. The van der Waals surface area contributed by atoms with Crippen LogP contribution in [0.1, 0.15) is 25.1 Å². The summed E-state index contributed by atoms with van der Waals surface area (Å²) in [4.78, 5) is 8.73. The molecule has 0 atom stereocenters. The minimum Gasteiger partial charge on any atom is -0.389 e. The fourth-order valence-electron chi connectivity index (χ4n) is 3.13. The second-order valence-electron chi connectivity index (χ2n) is 7.52. The van der Waals surface area contributed by atoms with Gasteiger partial charge in [0, 0.05) is 11.6 Å². The molecule has 3 heterocycles. The molecule has 0 aliphatic carbocycles. The Morgan fingerprint density at radius 2 is 1.96 bits per heavy atom. The molecular formula is C19H22N8O. The molecule has 9 nitrogen and oxygen atoms in total. The molecule has 0 spiro atoms. The Kier molecular flexibility index (Phi) is 4.31. The summed E-state index contributed by atoms with van der Waals surface area (Å²) >= 11 is 0. The molecule has 4 rings (SSSR count). The number of rotatable bonds is 5. The van der Waals surface area contributed by atoms with Crippen molar-refractivity contribution in [2.75, 3.05) is 5.73 Å². The molecule has 0 amide bonds. The fraction of sp³-hybridized carbons (Fsp3) is 0.316. The average molecular weight is 378 g/mol. The highest BCUT2D eigenvalue weighted by atomic mass is 16.3. The number of aliphatic hydroxyl groups is 1. The Bertz CT molecular complexity index is 1140. The lowest BCUT2D eigenvalue weighted by Gasteiger charge is -2.16. The van der Waals surface area contributed by atoms with E-state index in [-0.39, 0.29) is 5.95 Å². The van der Waals surface area contributed by atoms with Crippen LogP contribution in [0.15, 0.2) is 36.7 Å². The number of nitrogen functional groups attached to an aromatic ring is 1. The number of benzene rings is 1. The van der Waals surface area contributed by atoms with E-state index in [1.165, 1.54) is 0 Å². The van der Waals surface area contributed by atoms with E-state index >= 15 is 0 Å². The fourth-order valence-corrected chi connectivity index (χ4v) is 3.13. The molecule has 9 heteroatoms. The maximum Gasteiger partial charge on any atom is 0.221 e. The lowest BCUT2D eigenvalue weighted by atomic mass is 10.1. The number of nitrogens with zero attached hydrogens (tertiary/aromatic N) is 7. The highest BCUT2D eigenvalue weighted by Gasteiger charge is 2.16. The van der Waals surface area contributed by atoms with Gasteiger partial charge < -0.3 is 10.8 Å². The van der Waals surface area contributed by atoms with E-state index in [0.717, 1.165) is 22.2 Å². The summed E-state index contributed by atoms with van der Waals surface area (Å²) in [6, 6.07) is 7.79. The largest absolute Gasteiger partial charge is 0.389 e. The summed E-state index contributed by atoms with van der Waals surface area (Å²) in [6.45, 7) is 6.36. The number of nitrogens with two attached hydrogens (primary N) is 1. The molecule has 28 heavy (non-hydrogen) atoms. The van der Waals surface area contributed by atoms with Gasteiger partial charge in [0.1, 0.15) is 11.4 Å². The number of hydrogen-bond donors (Lipinski definition) is 2. The number of anilines is 1. The Morgan fingerprint density at radius 1 is 1.14 bits per heavy atom. The van der Waals surface area contributed by atoms with Crippen LogP contribution in [0, 0.1) is 6.92 Å². The quantitative estimate of drug-likeness (QED) is 0.543. The van der Waals surface area contributed by atoms with Crippen molar-refractivity contribution in [3.63, 3.8) is 0 Å². The second kappa shape index (κ2) is 6.68. The van der Waals surface area contributed by atoms with Crippen LogP contribution in [0.2, 0.25) is 0 Å².